The zero-order valence-electron chi connectivity index (χ0n) is 8.44. The number of rotatable bonds is 3. The molecule has 5 heteroatoms. The molecular weight excluding hydrogens is 232 g/mol. The average Bonchev–Trinajstić information content (AvgIpc) is 2.28. The first-order valence-electron chi connectivity index (χ1n) is 4.33. The van der Waals surface area contributed by atoms with E-state index in [2.05, 4.69) is 4.74 Å². The maximum Gasteiger partial charge on any atom is 0.378 e. The standard InChI is InChI=1S/C11H9ClO4/c1-16-11(15)10(14)6-9(13)7-2-4-8(12)5-3-7/h2-6,13H,1H3. The molecule has 0 amide bonds. The lowest BCUT2D eigenvalue weighted by Gasteiger charge is -1.99. The first-order valence-corrected chi connectivity index (χ1v) is 4.71. The Hall–Kier alpha value is -1.81. The number of benzene rings is 1. The second-order valence-electron chi connectivity index (χ2n) is 2.89. The van der Waals surface area contributed by atoms with E-state index in [4.69, 9.17) is 11.6 Å². The molecule has 4 nitrogen and oxygen atoms in total. The number of aliphatic hydroxyl groups excluding tert-OH is 1. The number of ketones is 1. The smallest absolute Gasteiger partial charge is 0.378 e. The van der Waals surface area contributed by atoms with Crippen molar-refractivity contribution in [2.75, 3.05) is 7.11 Å². The molecule has 0 spiro atoms. The molecule has 0 heterocycles. The number of halogens is 1. The number of aliphatic hydroxyl groups is 1. The van der Waals surface area contributed by atoms with Crippen molar-refractivity contribution in [1.29, 1.82) is 0 Å². The van der Waals surface area contributed by atoms with Gasteiger partial charge in [-0.1, -0.05) is 11.6 Å². The number of hydrogen-bond acceptors (Lipinski definition) is 4. The SMILES string of the molecule is COC(=O)C(=O)C=C(O)c1ccc(Cl)cc1. The van der Waals surface area contributed by atoms with Gasteiger partial charge in [-0.25, -0.2) is 4.79 Å². The van der Waals surface area contributed by atoms with Gasteiger partial charge in [0.05, 0.1) is 7.11 Å². The number of hydrogen-bond donors (Lipinski definition) is 1. The quantitative estimate of drug-likeness (QED) is 0.380. The van der Waals surface area contributed by atoms with Gasteiger partial charge >= 0.3 is 5.97 Å². The van der Waals surface area contributed by atoms with E-state index in [9.17, 15) is 14.7 Å². The number of ether oxygens (including phenoxy) is 1. The Morgan fingerprint density at radius 2 is 1.88 bits per heavy atom. The summed E-state index contributed by atoms with van der Waals surface area (Å²) in [7, 11) is 1.09. The highest BCUT2D eigenvalue weighted by Crippen LogP contribution is 2.15. The molecule has 0 saturated heterocycles. The highest BCUT2D eigenvalue weighted by Gasteiger charge is 2.12. The zero-order valence-corrected chi connectivity index (χ0v) is 9.19. The van der Waals surface area contributed by atoms with Crippen LogP contribution in [0.25, 0.3) is 5.76 Å². The van der Waals surface area contributed by atoms with Gasteiger partial charge in [0.2, 0.25) is 0 Å². The van der Waals surface area contributed by atoms with Crippen molar-refractivity contribution in [1.82, 2.24) is 0 Å². The van der Waals surface area contributed by atoms with Crippen LogP contribution in [0.2, 0.25) is 5.02 Å². The van der Waals surface area contributed by atoms with Crippen LogP contribution in [0, 0.1) is 0 Å². The molecular formula is C11H9ClO4. The summed E-state index contributed by atoms with van der Waals surface area (Å²) >= 11 is 5.65. The van der Waals surface area contributed by atoms with Crippen molar-refractivity contribution in [2.24, 2.45) is 0 Å². The van der Waals surface area contributed by atoms with Crippen LogP contribution in [-0.4, -0.2) is 24.0 Å². The maximum atomic E-state index is 11.1. The molecule has 0 bridgehead atoms. The fourth-order valence-electron chi connectivity index (χ4n) is 0.988. The van der Waals surface area contributed by atoms with Gasteiger partial charge < -0.3 is 9.84 Å². The zero-order chi connectivity index (χ0) is 12.1. The van der Waals surface area contributed by atoms with Crippen molar-refractivity contribution in [2.45, 2.75) is 0 Å². The Morgan fingerprint density at radius 1 is 1.31 bits per heavy atom. The van der Waals surface area contributed by atoms with E-state index in [1.807, 2.05) is 0 Å². The highest BCUT2D eigenvalue weighted by atomic mass is 35.5. The summed E-state index contributed by atoms with van der Waals surface area (Å²) in [6, 6.07) is 6.17. The molecule has 16 heavy (non-hydrogen) atoms. The van der Waals surface area contributed by atoms with Gasteiger partial charge in [-0.05, 0) is 24.3 Å². The van der Waals surface area contributed by atoms with Crippen molar-refractivity contribution < 1.29 is 19.4 Å². The predicted molar refractivity (Wildman–Crippen MR) is 59.1 cm³/mol. The molecule has 0 radical (unpaired) electrons. The molecule has 0 aliphatic rings. The van der Waals surface area contributed by atoms with E-state index in [1.165, 1.54) is 12.1 Å². The van der Waals surface area contributed by atoms with Crippen molar-refractivity contribution in [3.63, 3.8) is 0 Å². The average molecular weight is 241 g/mol. The molecule has 0 aliphatic carbocycles. The molecule has 1 N–H and O–H groups in total. The molecule has 1 aromatic carbocycles. The molecule has 0 saturated carbocycles. The molecule has 0 aromatic heterocycles. The molecule has 0 aliphatic heterocycles. The Morgan fingerprint density at radius 3 is 2.38 bits per heavy atom. The normalized spacial score (nSPS) is 11.0. The Bertz CT molecular complexity index is 434. The number of esters is 1. The van der Waals surface area contributed by atoms with Gasteiger partial charge in [-0.3, -0.25) is 4.79 Å². The van der Waals surface area contributed by atoms with E-state index in [1.54, 1.807) is 12.1 Å². The first-order chi connectivity index (χ1) is 7.54. The minimum Gasteiger partial charge on any atom is -0.507 e. The summed E-state index contributed by atoms with van der Waals surface area (Å²) in [6.07, 6.45) is 0.801. The van der Waals surface area contributed by atoms with E-state index in [-0.39, 0.29) is 5.76 Å². The number of methoxy groups -OCH3 is 1. The molecule has 0 fully saturated rings. The lowest BCUT2D eigenvalue weighted by molar-refractivity contribution is -0.149. The molecule has 1 aromatic rings. The molecule has 84 valence electrons. The minimum absolute atomic E-state index is 0.313. The molecule has 0 atom stereocenters. The van der Waals surface area contributed by atoms with Gasteiger partial charge in [0, 0.05) is 16.7 Å². The monoisotopic (exact) mass is 240 g/mol. The van der Waals surface area contributed by atoms with Crippen LogP contribution in [0.15, 0.2) is 30.3 Å². The third kappa shape index (κ3) is 3.10. The highest BCUT2D eigenvalue weighted by molar-refractivity contribution is 6.39. The summed E-state index contributed by atoms with van der Waals surface area (Å²) in [5, 5.41) is 10.0. The third-order valence-electron chi connectivity index (χ3n) is 1.79. The second-order valence-corrected chi connectivity index (χ2v) is 3.33. The van der Waals surface area contributed by atoms with Crippen molar-refractivity contribution in [3.8, 4) is 0 Å². The van der Waals surface area contributed by atoms with Crippen LogP contribution in [0.4, 0.5) is 0 Å². The van der Waals surface area contributed by atoms with Gasteiger partial charge in [0.15, 0.2) is 0 Å². The van der Waals surface area contributed by atoms with Gasteiger partial charge in [-0.2, -0.15) is 0 Å². The summed E-state index contributed by atoms with van der Waals surface area (Å²) in [4.78, 5) is 21.9. The lowest BCUT2D eigenvalue weighted by Crippen LogP contribution is -2.13. The van der Waals surface area contributed by atoms with Crippen LogP contribution >= 0.6 is 11.6 Å². The van der Waals surface area contributed by atoms with Crippen molar-refractivity contribution >= 4 is 29.1 Å². The van der Waals surface area contributed by atoms with Crippen LogP contribution in [0.1, 0.15) is 5.56 Å². The summed E-state index contributed by atoms with van der Waals surface area (Å²) < 4.78 is 4.20. The Balaban J connectivity index is 2.89. The topological polar surface area (TPSA) is 63.6 Å². The predicted octanol–water partition coefficient (Wildman–Crippen LogP) is 1.98. The van der Waals surface area contributed by atoms with E-state index >= 15 is 0 Å². The Labute approximate surface area is 97.1 Å². The fraction of sp³-hybridized carbons (Fsp3) is 0.0909. The summed E-state index contributed by atoms with van der Waals surface area (Å²) in [6.45, 7) is 0. The van der Waals surface area contributed by atoms with E-state index in [0.717, 1.165) is 13.2 Å². The largest absolute Gasteiger partial charge is 0.507 e. The van der Waals surface area contributed by atoms with Gasteiger partial charge in [-0.15, -0.1) is 0 Å². The van der Waals surface area contributed by atoms with Crippen LogP contribution in [0.5, 0.6) is 0 Å². The number of carbonyl (C=O) groups excluding carboxylic acids is 2. The fourth-order valence-corrected chi connectivity index (χ4v) is 1.11. The van der Waals surface area contributed by atoms with Crippen LogP contribution < -0.4 is 0 Å². The Kier molecular flexibility index (Phi) is 4.08. The first kappa shape index (κ1) is 12.3. The van der Waals surface area contributed by atoms with E-state index in [0.29, 0.717) is 10.6 Å². The van der Waals surface area contributed by atoms with Crippen molar-refractivity contribution in [3.05, 3.63) is 40.9 Å². The third-order valence-corrected chi connectivity index (χ3v) is 2.05. The minimum atomic E-state index is -1.03. The van der Waals surface area contributed by atoms with Crippen LogP contribution in [-0.2, 0) is 14.3 Å². The second kappa shape index (κ2) is 5.32. The summed E-state index contributed by atoms with van der Waals surface area (Å²) in [5.74, 6) is -2.26. The van der Waals surface area contributed by atoms with Crippen LogP contribution in [0.3, 0.4) is 0 Å². The lowest BCUT2D eigenvalue weighted by atomic mass is 10.1. The summed E-state index contributed by atoms with van der Waals surface area (Å²) in [5.41, 5.74) is 0.390. The van der Waals surface area contributed by atoms with E-state index < -0.39 is 11.8 Å². The maximum absolute atomic E-state index is 11.1. The molecule has 1 rings (SSSR count). The van der Waals surface area contributed by atoms with Gasteiger partial charge in [0.25, 0.3) is 5.78 Å². The molecule has 0 unspecified atom stereocenters. The van der Waals surface area contributed by atoms with Gasteiger partial charge in [0.1, 0.15) is 5.76 Å². The number of carbonyl (C=O) groups is 2.